The number of Topliss-reactive ketones (excluding diaryl/α,β-unsaturated/α-hetero) is 1. The van der Waals surface area contributed by atoms with Gasteiger partial charge < -0.3 is 13.9 Å². The Labute approximate surface area is 149 Å². The highest BCUT2D eigenvalue weighted by molar-refractivity contribution is 6.73. The van der Waals surface area contributed by atoms with Gasteiger partial charge >= 0.3 is 0 Å². The van der Waals surface area contributed by atoms with Crippen LogP contribution in [0.15, 0.2) is 0 Å². The average molecular weight is 359 g/mol. The van der Waals surface area contributed by atoms with Crippen LogP contribution in [0.3, 0.4) is 0 Å². The smallest absolute Gasteiger partial charge is 0.192 e. The minimum Gasteiger partial charge on any atom is -0.413 e. The van der Waals surface area contributed by atoms with E-state index < -0.39 is 14.1 Å². The van der Waals surface area contributed by atoms with Crippen molar-refractivity contribution in [2.45, 2.75) is 91.3 Å². The zero-order valence-electron chi connectivity index (χ0n) is 16.8. The van der Waals surface area contributed by atoms with E-state index in [4.69, 9.17) is 13.9 Å². The maximum Gasteiger partial charge on any atom is 0.192 e. The summed E-state index contributed by atoms with van der Waals surface area (Å²) in [5.41, 5.74) is 0. The summed E-state index contributed by atoms with van der Waals surface area (Å²) in [5, 5.41) is 0. The number of ketones is 1. The van der Waals surface area contributed by atoms with Crippen molar-refractivity contribution < 1.29 is 18.7 Å². The number of carbonyl (C=O) groups excluding carboxylic acids is 1. The summed E-state index contributed by atoms with van der Waals surface area (Å²) in [7, 11) is -1.82. The fourth-order valence-electron chi connectivity index (χ4n) is 3.94. The quantitative estimate of drug-likeness (QED) is 0.499. The van der Waals surface area contributed by atoms with E-state index in [1.54, 1.807) is 0 Å². The molecule has 0 radical (unpaired) electrons. The van der Waals surface area contributed by atoms with Crippen molar-refractivity contribution >= 4 is 14.1 Å². The van der Waals surface area contributed by atoms with Crippen molar-refractivity contribution in [3.63, 3.8) is 0 Å². The Morgan fingerprint density at radius 2 is 1.54 bits per heavy atom. The fourth-order valence-corrected chi connectivity index (χ4v) is 6.93. The maximum absolute atomic E-state index is 12.5. The van der Waals surface area contributed by atoms with Crippen molar-refractivity contribution in [3.05, 3.63) is 0 Å². The van der Waals surface area contributed by atoms with Gasteiger partial charge in [-0.05, 0) is 24.6 Å². The molecule has 5 heteroatoms. The monoisotopic (exact) mass is 358 g/mol. The first-order valence-corrected chi connectivity index (χ1v) is 12.4. The Balaban J connectivity index is 3.15. The Kier molecular flexibility index (Phi) is 8.60. The minimum absolute atomic E-state index is 0.0343. The second-order valence-corrected chi connectivity index (χ2v) is 11.8. The molecule has 1 aliphatic rings. The molecule has 1 heterocycles. The van der Waals surface area contributed by atoms with Gasteiger partial charge in [0, 0.05) is 18.3 Å². The molecule has 3 atom stereocenters. The van der Waals surface area contributed by atoms with Gasteiger partial charge in [-0.15, -0.1) is 0 Å². The number of hydrogen-bond acceptors (Lipinski definition) is 4. The lowest BCUT2D eigenvalue weighted by atomic mass is 9.83. The number of hydrogen-bond donors (Lipinski definition) is 0. The Hall–Kier alpha value is -0.233. The predicted molar refractivity (Wildman–Crippen MR) is 101 cm³/mol. The summed E-state index contributed by atoms with van der Waals surface area (Å²) in [6.07, 6.45) is 1.19. The molecule has 0 aromatic carbocycles. The van der Waals surface area contributed by atoms with E-state index in [-0.39, 0.29) is 23.7 Å². The molecule has 1 fully saturated rings. The zero-order chi connectivity index (χ0) is 18.4. The molecule has 0 unspecified atom stereocenters. The highest BCUT2D eigenvalue weighted by atomic mass is 28.4. The van der Waals surface area contributed by atoms with E-state index in [1.807, 2.05) is 13.8 Å². The van der Waals surface area contributed by atoms with Gasteiger partial charge in [-0.2, -0.15) is 0 Å². The Morgan fingerprint density at radius 1 is 1.04 bits per heavy atom. The van der Waals surface area contributed by atoms with Crippen LogP contribution in [0.1, 0.15) is 61.3 Å². The summed E-state index contributed by atoms with van der Waals surface area (Å²) < 4.78 is 18.9. The molecule has 4 nitrogen and oxygen atoms in total. The van der Waals surface area contributed by atoms with E-state index >= 15 is 0 Å². The topological polar surface area (TPSA) is 44.8 Å². The van der Waals surface area contributed by atoms with E-state index in [2.05, 4.69) is 34.6 Å². The molecular formula is C19H38O4Si. The second kappa shape index (κ2) is 9.46. The molecule has 142 valence electrons. The molecule has 0 spiro atoms. The van der Waals surface area contributed by atoms with Gasteiger partial charge in [0.15, 0.2) is 14.1 Å². The van der Waals surface area contributed by atoms with Crippen LogP contribution in [0.2, 0.25) is 18.1 Å². The van der Waals surface area contributed by atoms with Gasteiger partial charge in [0.1, 0.15) is 5.78 Å². The van der Waals surface area contributed by atoms with Crippen molar-refractivity contribution in [3.8, 4) is 0 Å². The van der Waals surface area contributed by atoms with E-state index in [1.165, 1.54) is 0 Å². The van der Waals surface area contributed by atoms with Crippen molar-refractivity contribution in [2.24, 2.45) is 11.8 Å². The van der Waals surface area contributed by atoms with Crippen LogP contribution in [0.5, 0.6) is 0 Å². The average Bonchev–Trinajstić information content (AvgIpc) is 3.12. The minimum atomic E-state index is -1.82. The molecule has 0 aromatic rings. The first kappa shape index (κ1) is 21.8. The van der Waals surface area contributed by atoms with Gasteiger partial charge in [-0.25, -0.2) is 0 Å². The standard InChI is InChI=1S/C19H38O4Si/c1-8-17(20)15(6)18(23-24(10-3,11-4)12-5)16(7)19(9-2)21-13-14-22-19/h15-16,18H,8-14H2,1-7H3/t15-,16-,18+/m0/s1. The highest BCUT2D eigenvalue weighted by Crippen LogP contribution is 2.39. The normalized spacial score (nSPS) is 21.5. The summed E-state index contributed by atoms with van der Waals surface area (Å²) in [6.45, 7) is 16.1. The summed E-state index contributed by atoms with van der Waals surface area (Å²) >= 11 is 0. The molecule has 1 aliphatic heterocycles. The first-order valence-electron chi connectivity index (χ1n) is 9.83. The number of rotatable bonds is 11. The van der Waals surface area contributed by atoms with Gasteiger partial charge in [0.25, 0.3) is 0 Å². The molecule has 0 N–H and O–H groups in total. The molecule has 0 aromatic heterocycles. The second-order valence-electron chi connectivity index (χ2n) is 7.09. The molecule has 0 saturated carbocycles. The lowest BCUT2D eigenvalue weighted by Gasteiger charge is -2.43. The van der Waals surface area contributed by atoms with Crippen LogP contribution in [-0.4, -0.2) is 39.2 Å². The van der Waals surface area contributed by atoms with Gasteiger partial charge in [-0.3, -0.25) is 4.79 Å². The van der Waals surface area contributed by atoms with Crippen LogP contribution in [0, 0.1) is 11.8 Å². The van der Waals surface area contributed by atoms with Crippen molar-refractivity contribution in [1.82, 2.24) is 0 Å². The summed E-state index contributed by atoms with van der Waals surface area (Å²) in [6, 6.07) is 3.24. The van der Waals surface area contributed by atoms with Gasteiger partial charge in [-0.1, -0.05) is 48.5 Å². The molecule has 0 aliphatic carbocycles. The molecule has 0 bridgehead atoms. The molecule has 1 saturated heterocycles. The Bertz CT molecular complexity index is 381. The zero-order valence-corrected chi connectivity index (χ0v) is 17.8. The predicted octanol–water partition coefficient (Wildman–Crippen LogP) is 4.78. The van der Waals surface area contributed by atoms with Crippen LogP contribution >= 0.6 is 0 Å². The SMILES string of the molecule is CCC(=O)[C@H](C)[C@@H](O[Si](CC)(CC)CC)[C@H](C)C1(CC)OCCO1. The maximum atomic E-state index is 12.5. The first-order chi connectivity index (χ1) is 11.3. The van der Waals surface area contributed by atoms with E-state index in [0.29, 0.717) is 19.6 Å². The third-order valence-corrected chi connectivity index (χ3v) is 10.8. The van der Waals surface area contributed by atoms with E-state index in [9.17, 15) is 4.79 Å². The van der Waals surface area contributed by atoms with Gasteiger partial charge in [0.2, 0.25) is 0 Å². The summed E-state index contributed by atoms with van der Waals surface area (Å²) in [4.78, 5) is 12.5. The van der Waals surface area contributed by atoms with Crippen LogP contribution in [-0.2, 0) is 18.7 Å². The van der Waals surface area contributed by atoms with Gasteiger partial charge in [0.05, 0.1) is 19.3 Å². The van der Waals surface area contributed by atoms with Crippen LogP contribution < -0.4 is 0 Å². The van der Waals surface area contributed by atoms with Crippen LogP contribution in [0.25, 0.3) is 0 Å². The summed E-state index contributed by atoms with van der Waals surface area (Å²) in [5.74, 6) is -0.436. The van der Waals surface area contributed by atoms with E-state index in [0.717, 1.165) is 24.6 Å². The van der Waals surface area contributed by atoms with Crippen molar-refractivity contribution in [2.75, 3.05) is 13.2 Å². The fraction of sp³-hybridized carbons (Fsp3) is 0.947. The lowest BCUT2D eigenvalue weighted by Crippen LogP contribution is -2.52. The lowest BCUT2D eigenvalue weighted by molar-refractivity contribution is -0.216. The van der Waals surface area contributed by atoms with Crippen molar-refractivity contribution in [1.29, 1.82) is 0 Å². The molecule has 24 heavy (non-hydrogen) atoms. The molecule has 0 amide bonds. The number of ether oxygens (including phenoxy) is 2. The third kappa shape index (κ3) is 4.48. The Morgan fingerprint density at radius 3 is 1.92 bits per heavy atom. The molecular weight excluding hydrogens is 320 g/mol. The highest BCUT2D eigenvalue weighted by Gasteiger charge is 2.48. The molecule has 1 rings (SSSR count). The largest absolute Gasteiger partial charge is 0.413 e. The third-order valence-electron chi connectivity index (χ3n) is 6.12. The van der Waals surface area contributed by atoms with Crippen LogP contribution in [0.4, 0.5) is 0 Å². The number of carbonyl (C=O) groups is 1.